The molecule has 4 rings (SSSR count). The van der Waals surface area contributed by atoms with Gasteiger partial charge in [0.15, 0.2) is 0 Å². The third-order valence-electron chi connectivity index (χ3n) is 6.10. The van der Waals surface area contributed by atoms with E-state index in [1.165, 1.54) is 9.87 Å². The van der Waals surface area contributed by atoms with Gasteiger partial charge in [0.2, 0.25) is 10.0 Å². The van der Waals surface area contributed by atoms with Crippen LogP contribution < -0.4 is 0 Å². The Labute approximate surface area is 183 Å². The van der Waals surface area contributed by atoms with Crippen molar-refractivity contribution in [1.82, 2.24) is 14.1 Å². The van der Waals surface area contributed by atoms with Crippen LogP contribution in [0.5, 0.6) is 0 Å². The van der Waals surface area contributed by atoms with E-state index in [9.17, 15) is 18.0 Å². The number of piperazine rings is 1. The predicted octanol–water partition coefficient (Wildman–Crippen LogP) is 1.86. The quantitative estimate of drug-likeness (QED) is 0.613. The first-order valence-corrected chi connectivity index (χ1v) is 12.2. The van der Waals surface area contributed by atoms with Crippen LogP contribution in [0.4, 0.5) is 0 Å². The summed E-state index contributed by atoms with van der Waals surface area (Å²) in [5.41, 5.74) is 1.95. The third-order valence-corrected chi connectivity index (χ3v) is 7.92. The van der Waals surface area contributed by atoms with Crippen molar-refractivity contribution in [1.29, 1.82) is 0 Å². The van der Waals surface area contributed by atoms with Gasteiger partial charge < -0.3 is 0 Å². The zero-order valence-electron chi connectivity index (χ0n) is 17.6. The fourth-order valence-corrected chi connectivity index (χ4v) is 5.72. The number of rotatable bonds is 7. The Balaban J connectivity index is 1.32. The number of carbonyl (C=O) groups is 2. The van der Waals surface area contributed by atoms with E-state index in [1.807, 2.05) is 25.1 Å². The number of hydrogen-bond acceptors (Lipinski definition) is 5. The Morgan fingerprint density at radius 1 is 0.871 bits per heavy atom. The number of sulfonamides is 1. The molecule has 0 aliphatic carbocycles. The molecule has 2 aromatic rings. The molecule has 7 nitrogen and oxygen atoms in total. The predicted molar refractivity (Wildman–Crippen MR) is 118 cm³/mol. The smallest absolute Gasteiger partial charge is 0.261 e. The van der Waals surface area contributed by atoms with Crippen molar-refractivity contribution in [2.24, 2.45) is 0 Å². The first-order valence-electron chi connectivity index (χ1n) is 10.6. The van der Waals surface area contributed by atoms with Crippen LogP contribution in [-0.2, 0) is 16.4 Å². The lowest BCUT2D eigenvalue weighted by Crippen LogP contribution is -2.54. The molecule has 0 spiro atoms. The van der Waals surface area contributed by atoms with Crippen LogP contribution in [-0.4, -0.2) is 78.9 Å². The Hall–Kier alpha value is -2.55. The van der Waals surface area contributed by atoms with Crippen molar-refractivity contribution in [3.05, 3.63) is 71.3 Å². The molecule has 2 aromatic carbocycles. The van der Waals surface area contributed by atoms with Gasteiger partial charge in [-0.15, -0.1) is 0 Å². The van der Waals surface area contributed by atoms with Crippen molar-refractivity contribution < 1.29 is 18.0 Å². The highest BCUT2D eigenvalue weighted by Gasteiger charge is 2.37. The number of carbonyl (C=O) groups excluding carboxylic acids is 2. The van der Waals surface area contributed by atoms with Gasteiger partial charge in [-0.3, -0.25) is 19.4 Å². The largest absolute Gasteiger partial charge is 0.298 e. The van der Waals surface area contributed by atoms with E-state index < -0.39 is 21.8 Å². The average molecular weight is 442 g/mol. The van der Waals surface area contributed by atoms with Crippen LogP contribution in [0.3, 0.4) is 0 Å². The lowest BCUT2D eigenvalue weighted by molar-refractivity contribution is 0.0663. The molecular formula is C23H27N3O4S. The molecule has 2 aliphatic heterocycles. The van der Waals surface area contributed by atoms with Gasteiger partial charge in [-0.25, -0.2) is 8.42 Å². The summed E-state index contributed by atoms with van der Waals surface area (Å²) < 4.78 is 27.3. The van der Waals surface area contributed by atoms with Gasteiger partial charge in [-0.05, 0) is 31.0 Å². The molecule has 0 saturated carbocycles. The van der Waals surface area contributed by atoms with Gasteiger partial charge in [-0.1, -0.05) is 42.5 Å². The zero-order chi connectivity index (χ0) is 22.0. The van der Waals surface area contributed by atoms with Gasteiger partial charge in [-0.2, -0.15) is 4.31 Å². The number of benzene rings is 2. The van der Waals surface area contributed by atoms with Gasteiger partial charge in [0.25, 0.3) is 11.8 Å². The summed E-state index contributed by atoms with van der Waals surface area (Å²) in [5.74, 6) is -1.10. The molecule has 2 amide bonds. The van der Waals surface area contributed by atoms with E-state index in [-0.39, 0.29) is 18.3 Å². The van der Waals surface area contributed by atoms with Crippen LogP contribution in [0.25, 0.3) is 0 Å². The zero-order valence-corrected chi connectivity index (χ0v) is 18.4. The number of hydrogen-bond donors (Lipinski definition) is 0. The molecule has 1 fully saturated rings. The molecule has 0 radical (unpaired) electrons. The van der Waals surface area contributed by atoms with Crippen LogP contribution in [0, 0.1) is 0 Å². The van der Waals surface area contributed by atoms with Gasteiger partial charge in [0, 0.05) is 38.8 Å². The van der Waals surface area contributed by atoms with E-state index in [0.29, 0.717) is 30.8 Å². The maximum Gasteiger partial charge on any atom is 0.261 e. The summed E-state index contributed by atoms with van der Waals surface area (Å²) in [6.45, 7) is 4.30. The first-order chi connectivity index (χ1) is 14.9. The summed E-state index contributed by atoms with van der Waals surface area (Å²) in [7, 11) is -3.57. The molecule has 1 saturated heterocycles. The van der Waals surface area contributed by atoms with E-state index in [2.05, 4.69) is 17.0 Å². The second kappa shape index (κ2) is 8.90. The summed E-state index contributed by atoms with van der Waals surface area (Å²) in [6.07, 6.45) is 0.928. The first kappa shape index (κ1) is 21.7. The van der Waals surface area contributed by atoms with E-state index in [1.54, 1.807) is 24.3 Å². The van der Waals surface area contributed by atoms with Gasteiger partial charge in [0.1, 0.15) is 0 Å². The number of imide groups is 1. The highest BCUT2D eigenvalue weighted by atomic mass is 32.2. The molecule has 0 N–H and O–H groups in total. The van der Waals surface area contributed by atoms with E-state index >= 15 is 0 Å². The van der Waals surface area contributed by atoms with Crippen molar-refractivity contribution in [2.75, 3.05) is 38.5 Å². The fourth-order valence-electron chi connectivity index (χ4n) is 4.24. The molecule has 2 aliphatic rings. The molecule has 164 valence electrons. The normalized spacial score (nSPS) is 20.3. The molecular weight excluding hydrogens is 414 g/mol. The van der Waals surface area contributed by atoms with Crippen molar-refractivity contribution in [3.8, 4) is 0 Å². The lowest BCUT2D eigenvalue weighted by Gasteiger charge is -2.39. The molecule has 31 heavy (non-hydrogen) atoms. The molecule has 1 atom stereocenters. The molecule has 2 heterocycles. The van der Waals surface area contributed by atoms with E-state index in [4.69, 9.17) is 0 Å². The van der Waals surface area contributed by atoms with Crippen LogP contribution in [0.2, 0.25) is 0 Å². The SMILES string of the molecule is CC1CN(S(=O)(=O)CCN2C(=O)c3ccccc3C2=O)CCN1CCc1ccccc1. The molecule has 0 bridgehead atoms. The van der Waals surface area contributed by atoms with Crippen LogP contribution >= 0.6 is 0 Å². The molecule has 8 heteroatoms. The van der Waals surface area contributed by atoms with Gasteiger partial charge in [0.05, 0.1) is 16.9 Å². The minimum atomic E-state index is -3.57. The van der Waals surface area contributed by atoms with Crippen molar-refractivity contribution >= 4 is 21.8 Å². The minimum Gasteiger partial charge on any atom is -0.298 e. The van der Waals surface area contributed by atoms with Crippen LogP contribution in [0.15, 0.2) is 54.6 Å². The van der Waals surface area contributed by atoms with Crippen molar-refractivity contribution in [3.63, 3.8) is 0 Å². The number of amides is 2. The molecule has 1 unspecified atom stereocenters. The Morgan fingerprint density at radius 3 is 2.10 bits per heavy atom. The second-order valence-electron chi connectivity index (χ2n) is 8.10. The Bertz CT molecular complexity index is 1040. The Morgan fingerprint density at radius 2 is 1.48 bits per heavy atom. The highest BCUT2D eigenvalue weighted by Crippen LogP contribution is 2.23. The second-order valence-corrected chi connectivity index (χ2v) is 10.2. The maximum absolute atomic E-state index is 12.9. The standard InChI is InChI=1S/C23H27N3O4S/c1-18-17-25(14-13-24(18)12-11-19-7-3-2-4-8-19)31(29,30)16-15-26-22(27)20-9-5-6-10-21(20)23(26)28/h2-10,18H,11-17H2,1H3. The Kier molecular flexibility index (Phi) is 6.22. The average Bonchev–Trinajstić information content (AvgIpc) is 3.02. The lowest BCUT2D eigenvalue weighted by atomic mass is 10.1. The topological polar surface area (TPSA) is 78.0 Å². The number of nitrogens with zero attached hydrogens (tertiary/aromatic N) is 3. The minimum absolute atomic E-state index is 0.103. The summed E-state index contributed by atoms with van der Waals surface area (Å²) in [5, 5.41) is 0. The van der Waals surface area contributed by atoms with Gasteiger partial charge >= 0.3 is 0 Å². The summed E-state index contributed by atoms with van der Waals surface area (Å²) >= 11 is 0. The van der Waals surface area contributed by atoms with E-state index in [0.717, 1.165) is 17.9 Å². The highest BCUT2D eigenvalue weighted by molar-refractivity contribution is 7.89. The summed E-state index contributed by atoms with van der Waals surface area (Å²) in [4.78, 5) is 28.3. The molecule has 0 aromatic heterocycles. The van der Waals surface area contributed by atoms with Crippen molar-refractivity contribution in [2.45, 2.75) is 19.4 Å². The maximum atomic E-state index is 12.9. The van der Waals surface area contributed by atoms with Crippen LogP contribution in [0.1, 0.15) is 33.2 Å². The number of fused-ring (bicyclic) bond motifs is 1. The third kappa shape index (κ3) is 4.56. The monoisotopic (exact) mass is 441 g/mol. The summed E-state index contributed by atoms with van der Waals surface area (Å²) in [6, 6.07) is 16.9. The fraction of sp³-hybridized carbons (Fsp3) is 0.391.